The van der Waals surface area contributed by atoms with Gasteiger partial charge in [0.05, 0.1) is 5.52 Å². The lowest BCUT2D eigenvalue weighted by Gasteiger charge is -2.04. The highest BCUT2D eigenvalue weighted by Gasteiger charge is 2.09. The predicted molar refractivity (Wildman–Crippen MR) is 84.3 cm³/mol. The first-order chi connectivity index (χ1) is 9.40. The van der Waals surface area contributed by atoms with E-state index in [0.717, 1.165) is 0 Å². The van der Waals surface area contributed by atoms with E-state index in [1.165, 1.54) is 33.7 Å². The molecule has 96 valence electrons. The summed E-state index contributed by atoms with van der Waals surface area (Å²) in [6, 6.07) is 19.2. The molecule has 0 spiro atoms. The number of hydrogen-bond acceptors (Lipinski definition) is 1. The molecule has 0 aliphatic carbocycles. The van der Waals surface area contributed by atoms with E-state index in [-0.39, 0.29) is 0 Å². The molecule has 3 rings (SSSR count). The van der Waals surface area contributed by atoms with Gasteiger partial charge in [-0.3, -0.25) is 0 Å². The second kappa shape index (κ2) is 5.54. The SMILES string of the molecule is CCCSc1cn(-c2ccccc2)c2ccccc12. The molecule has 0 aliphatic rings. The molecule has 1 heterocycles. The van der Waals surface area contributed by atoms with Crippen molar-refractivity contribution in [3.05, 3.63) is 60.8 Å². The average Bonchev–Trinajstić information content (AvgIpc) is 2.85. The number of hydrogen-bond donors (Lipinski definition) is 0. The van der Waals surface area contributed by atoms with Gasteiger partial charge < -0.3 is 4.57 Å². The van der Waals surface area contributed by atoms with Crippen LogP contribution < -0.4 is 0 Å². The largest absolute Gasteiger partial charge is 0.315 e. The second-order valence-electron chi connectivity index (χ2n) is 4.56. The van der Waals surface area contributed by atoms with Crippen molar-refractivity contribution >= 4 is 22.7 Å². The van der Waals surface area contributed by atoms with E-state index in [0.29, 0.717) is 0 Å². The van der Waals surface area contributed by atoms with Crippen molar-refractivity contribution in [3.8, 4) is 5.69 Å². The van der Waals surface area contributed by atoms with Gasteiger partial charge in [0.2, 0.25) is 0 Å². The first-order valence-electron chi connectivity index (χ1n) is 6.68. The van der Waals surface area contributed by atoms with Crippen molar-refractivity contribution in [3.63, 3.8) is 0 Å². The van der Waals surface area contributed by atoms with E-state index in [2.05, 4.69) is 72.3 Å². The summed E-state index contributed by atoms with van der Waals surface area (Å²) >= 11 is 1.94. The average molecular weight is 267 g/mol. The summed E-state index contributed by atoms with van der Waals surface area (Å²) in [5.41, 5.74) is 2.51. The molecule has 0 amide bonds. The van der Waals surface area contributed by atoms with Gasteiger partial charge in [-0.15, -0.1) is 11.8 Å². The molecule has 1 nitrogen and oxygen atoms in total. The van der Waals surface area contributed by atoms with Crippen molar-refractivity contribution in [1.82, 2.24) is 4.57 Å². The summed E-state index contributed by atoms with van der Waals surface area (Å²) in [5.74, 6) is 1.17. The number of benzene rings is 2. The number of fused-ring (bicyclic) bond motifs is 1. The van der Waals surface area contributed by atoms with E-state index in [4.69, 9.17) is 0 Å². The summed E-state index contributed by atoms with van der Waals surface area (Å²) < 4.78 is 2.29. The summed E-state index contributed by atoms with van der Waals surface area (Å²) in [6.07, 6.45) is 3.47. The topological polar surface area (TPSA) is 4.93 Å². The predicted octanol–water partition coefficient (Wildman–Crippen LogP) is 5.13. The third-order valence-electron chi connectivity index (χ3n) is 3.17. The Morgan fingerprint density at radius 1 is 0.947 bits per heavy atom. The fraction of sp³-hybridized carbons (Fsp3) is 0.176. The minimum Gasteiger partial charge on any atom is -0.315 e. The first-order valence-corrected chi connectivity index (χ1v) is 7.67. The van der Waals surface area contributed by atoms with E-state index >= 15 is 0 Å². The standard InChI is InChI=1S/C17H17NS/c1-2-12-19-17-13-18(14-8-4-3-5-9-14)16-11-7-6-10-15(16)17/h3-11,13H,2,12H2,1H3. The van der Waals surface area contributed by atoms with Crippen molar-refractivity contribution in [2.24, 2.45) is 0 Å². The second-order valence-corrected chi connectivity index (χ2v) is 5.70. The van der Waals surface area contributed by atoms with Gasteiger partial charge in [-0.25, -0.2) is 0 Å². The maximum atomic E-state index is 2.29. The Labute approximate surface area is 118 Å². The number of rotatable bonds is 4. The highest BCUT2D eigenvalue weighted by Crippen LogP contribution is 2.32. The fourth-order valence-corrected chi connectivity index (χ4v) is 3.21. The van der Waals surface area contributed by atoms with Gasteiger partial charge in [0.15, 0.2) is 0 Å². The minimum absolute atomic E-state index is 1.17. The third-order valence-corrected chi connectivity index (χ3v) is 4.42. The number of nitrogens with zero attached hydrogens (tertiary/aromatic N) is 1. The van der Waals surface area contributed by atoms with Crippen LogP contribution >= 0.6 is 11.8 Å². The van der Waals surface area contributed by atoms with E-state index in [1.54, 1.807) is 0 Å². The molecule has 0 saturated carbocycles. The van der Waals surface area contributed by atoms with Crippen LogP contribution in [0.4, 0.5) is 0 Å². The van der Waals surface area contributed by atoms with E-state index in [1.807, 2.05) is 11.8 Å². The Hall–Kier alpha value is -1.67. The number of thioether (sulfide) groups is 1. The van der Waals surface area contributed by atoms with Crippen LogP contribution in [0.3, 0.4) is 0 Å². The zero-order valence-corrected chi connectivity index (χ0v) is 11.9. The lowest BCUT2D eigenvalue weighted by Crippen LogP contribution is -1.90. The fourth-order valence-electron chi connectivity index (χ4n) is 2.28. The smallest absolute Gasteiger partial charge is 0.0540 e. The van der Waals surface area contributed by atoms with Gasteiger partial charge in [-0.05, 0) is 30.4 Å². The van der Waals surface area contributed by atoms with Crippen LogP contribution in [-0.2, 0) is 0 Å². The molecule has 0 bridgehead atoms. The summed E-state index contributed by atoms with van der Waals surface area (Å²) in [4.78, 5) is 1.38. The van der Waals surface area contributed by atoms with Crippen LogP contribution in [0.5, 0.6) is 0 Å². The van der Waals surface area contributed by atoms with Gasteiger partial charge in [-0.2, -0.15) is 0 Å². The molecule has 19 heavy (non-hydrogen) atoms. The van der Waals surface area contributed by atoms with Crippen LogP contribution in [0, 0.1) is 0 Å². The van der Waals surface area contributed by atoms with Crippen molar-refractivity contribution in [2.45, 2.75) is 18.2 Å². The molecule has 0 unspecified atom stereocenters. The lowest BCUT2D eigenvalue weighted by atomic mass is 10.2. The maximum absolute atomic E-state index is 2.29. The highest BCUT2D eigenvalue weighted by molar-refractivity contribution is 7.99. The summed E-state index contributed by atoms with van der Waals surface area (Å²) in [6.45, 7) is 2.23. The molecular formula is C17H17NS. The monoisotopic (exact) mass is 267 g/mol. The molecule has 0 N–H and O–H groups in total. The lowest BCUT2D eigenvalue weighted by molar-refractivity contribution is 1.09. The molecule has 0 aliphatic heterocycles. The molecule has 0 saturated heterocycles. The zero-order chi connectivity index (χ0) is 13.1. The van der Waals surface area contributed by atoms with Crippen LogP contribution in [0.2, 0.25) is 0 Å². The van der Waals surface area contributed by atoms with E-state index in [9.17, 15) is 0 Å². The highest BCUT2D eigenvalue weighted by atomic mass is 32.2. The molecule has 3 aromatic rings. The maximum Gasteiger partial charge on any atom is 0.0540 e. The molecular weight excluding hydrogens is 250 g/mol. The third kappa shape index (κ3) is 2.41. The van der Waals surface area contributed by atoms with Crippen LogP contribution in [-0.4, -0.2) is 10.3 Å². The van der Waals surface area contributed by atoms with Gasteiger partial charge in [0.25, 0.3) is 0 Å². The summed E-state index contributed by atoms with van der Waals surface area (Å²) in [5, 5.41) is 1.35. The Bertz CT molecular complexity index is 670. The minimum atomic E-state index is 1.17. The normalized spacial score (nSPS) is 11.0. The Morgan fingerprint density at radius 2 is 1.68 bits per heavy atom. The molecule has 2 aromatic carbocycles. The van der Waals surface area contributed by atoms with E-state index < -0.39 is 0 Å². The quantitative estimate of drug-likeness (QED) is 0.593. The van der Waals surface area contributed by atoms with Crippen molar-refractivity contribution in [2.75, 3.05) is 5.75 Å². The van der Waals surface area contributed by atoms with Gasteiger partial charge >= 0.3 is 0 Å². The Morgan fingerprint density at radius 3 is 2.47 bits per heavy atom. The molecule has 0 atom stereocenters. The van der Waals surface area contributed by atoms with Crippen LogP contribution in [0.1, 0.15) is 13.3 Å². The summed E-state index contributed by atoms with van der Waals surface area (Å²) in [7, 11) is 0. The van der Waals surface area contributed by atoms with Crippen LogP contribution in [0.15, 0.2) is 65.7 Å². The number of aromatic nitrogens is 1. The Balaban J connectivity index is 2.15. The first kappa shape index (κ1) is 12.4. The van der Waals surface area contributed by atoms with Crippen molar-refractivity contribution in [1.29, 1.82) is 0 Å². The molecule has 0 fully saturated rings. The van der Waals surface area contributed by atoms with Gasteiger partial charge in [0, 0.05) is 22.2 Å². The number of para-hydroxylation sites is 2. The molecule has 1 aromatic heterocycles. The van der Waals surface area contributed by atoms with Crippen molar-refractivity contribution < 1.29 is 0 Å². The molecule has 0 radical (unpaired) electrons. The molecule has 2 heteroatoms. The van der Waals surface area contributed by atoms with Gasteiger partial charge in [0.1, 0.15) is 0 Å². The zero-order valence-electron chi connectivity index (χ0n) is 11.0. The van der Waals surface area contributed by atoms with Crippen LogP contribution in [0.25, 0.3) is 16.6 Å². The Kier molecular flexibility index (Phi) is 3.60. The van der Waals surface area contributed by atoms with Gasteiger partial charge in [-0.1, -0.05) is 43.3 Å².